The van der Waals surface area contributed by atoms with Gasteiger partial charge in [-0.05, 0) is 49.3 Å². The predicted molar refractivity (Wildman–Crippen MR) is 98.8 cm³/mol. The highest BCUT2D eigenvalue weighted by Gasteiger charge is 2.20. The first-order valence-corrected chi connectivity index (χ1v) is 9.51. The van der Waals surface area contributed by atoms with E-state index in [-0.39, 0.29) is 5.82 Å². The summed E-state index contributed by atoms with van der Waals surface area (Å²) in [6, 6.07) is 6.76. The van der Waals surface area contributed by atoms with Crippen LogP contribution in [-0.4, -0.2) is 45.4 Å². The minimum atomic E-state index is -0.184. The molecule has 0 atom stereocenters. The highest BCUT2D eigenvalue weighted by Crippen LogP contribution is 2.18. The molecule has 1 fully saturated rings. The zero-order valence-electron chi connectivity index (χ0n) is 14.4. The molecule has 3 heterocycles. The molecule has 1 saturated heterocycles. The summed E-state index contributed by atoms with van der Waals surface area (Å²) in [7, 11) is 0. The molecule has 134 valence electrons. The number of nitrogens with zero attached hydrogens (tertiary/aromatic N) is 5. The number of benzene rings is 1. The van der Waals surface area contributed by atoms with Gasteiger partial charge in [-0.1, -0.05) is 6.42 Å². The van der Waals surface area contributed by atoms with E-state index in [0.29, 0.717) is 0 Å². The molecule has 1 aromatic heterocycles. The molecule has 2 aliphatic rings. The van der Waals surface area contributed by atoms with Crippen molar-refractivity contribution in [2.24, 2.45) is 0 Å². The Bertz CT molecular complexity index is 774. The maximum atomic E-state index is 13.1. The summed E-state index contributed by atoms with van der Waals surface area (Å²) in [5, 5.41) is 4.77. The zero-order valence-corrected chi connectivity index (χ0v) is 15.2. The minimum Gasteiger partial charge on any atom is -0.369 e. The van der Waals surface area contributed by atoms with E-state index in [9.17, 15) is 4.39 Å². The van der Waals surface area contributed by atoms with Gasteiger partial charge in [-0.3, -0.25) is 4.90 Å². The van der Waals surface area contributed by atoms with E-state index in [0.717, 1.165) is 62.1 Å². The maximum Gasteiger partial charge on any atom is 0.199 e. The van der Waals surface area contributed by atoms with Crippen molar-refractivity contribution in [1.29, 1.82) is 0 Å². The third-order valence-corrected chi connectivity index (χ3v) is 5.61. The summed E-state index contributed by atoms with van der Waals surface area (Å²) < 4.78 is 18.1. The zero-order chi connectivity index (χ0) is 17.2. The van der Waals surface area contributed by atoms with Gasteiger partial charge < -0.3 is 9.47 Å². The normalized spacial score (nSPS) is 18.8. The highest BCUT2D eigenvalue weighted by atomic mass is 32.1. The lowest BCUT2D eigenvalue weighted by Gasteiger charge is -2.35. The first-order valence-electron chi connectivity index (χ1n) is 9.10. The monoisotopic (exact) mass is 361 g/mol. The first-order chi connectivity index (χ1) is 12.2. The van der Waals surface area contributed by atoms with E-state index in [1.807, 2.05) is 16.8 Å². The Kier molecular flexibility index (Phi) is 4.85. The molecule has 0 aliphatic carbocycles. The predicted octanol–water partition coefficient (Wildman–Crippen LogP) is 3.06. The van der Waals surface area contributed by atoms with Crippen LogP contribution >= 0.6 is 12.2 Å². The smallest absolute Gasteiger partial charge is 0.199 e. The van der Waals surface area contributed by atoms with Gasteiger partial charge in [0.25, 0.3) is 0 Å². The van der Waals surface area contributed by atoms with Crippen LogP contribution in [0.3, 0.4) is 0 Å². The van der Waals surface area contributed by atoms with Crippen LogP contribution in [0.15, 0.2) is 24.3 Å². The van der Waals surface area contributed by atoms with Crippen molar-refractivity contribution in [2.45, 2.75) is 38.9 Å². The topological polar surface area (TPSA) is 29.2 Å². The summed E-state index contributed by atoms with van der Waals surface area (Å²) in [6.07, 6.45) is 4.71. The van der Waals surface area contributed by atoms with E-state index in [1.165, 1.54) is 31.4 Å². The van der Waals surface area contributed by atoms with Crippen LogP contribution in [0.25, 0.3) is 0 Å². The minimum absolute atomic E-state index is 0.184. The number of hydrogen-bond acceptors (Lipinski definition) is 4. The second-order valence-corrected chi connectivity index (χ2v) is 7.25. The number of piperazine rings is 1. The summed E-state index contributed by atoms with van der Waals surface area (Å²) >= 11 is 5.64. The highest BCUT2D eigenvalue weighted by molar-refractivity contribution is 7.71. The molecule has 0 amide bonds. The summed E-state index contributed by atoms with van der Waals surface area (Å²) in [5.41, 5.74) is 1.09. The Labute approximate surface area is 152 Å². The SMILES string of the molecule is Fc1ccc(N2CCN(Cn3nc4n(c3=S)CCCCC4)CC2)cc1. The number of aryl methyl sites for hydroxylation is 1. The van der Waals surface area contributed by atoms with Crippen LogP contribution < -0.4 is 4.90 Å². The molecule has 0 N–H and O–H groups in total. The maximum absolute atomic E-state index is 13.1. The summed E-state index contributed by atoms with van der Waals surface area (Å²) in [4.78, 5) is 4.69. The van der Waals surface area contributed by atoms with Crippen LogP contribution in [0.5, 0.6) is 0 Å². The first kappa shape index (κ1) is 16.7. The molecule has 1 aromatic carbocycles. The molecule has 0 radical (unpaired) electrons. The molecule has 0 spiro atoms. The Morgan fingerprint density at radius 3 is 2.48 bits per heavy atom. The molecular weight excluding hydrogens is 337 g/mol. The van der Waals surface area contributed by atoms with Crippen molar-refractivity contribution >= 4 is 17.9 Å². The molecule has 2 aromatic rings. The molecular formula is C18H24FN5S. The molecule has 0 saturated carbocycles. The number of anilines is 1. The van der Waals surface area contributed by atoms with Crippen LogP contribution in [0.2, 0.25) is 0 Å². The number of halogens is 1. The van der Waals surface area contributed by atoms with Crippen molar-refractivity contribution in [3.63, 3.8) is 0 Å². The molecule has 0 bridgehead atoms. The average Bonchev–Trinajstić information content (AvgIpc) is 2.79. The van der Waals surface area contributed by atoms with Gasteiger partial charge in [0.2, 0.25) is 0 Å². The van der Waals surface area contributed by atoms with Gasteiger partial charge in [-0.15, -0.1) is 0 Å². The third kappa shape index (κ3) is 3.62. The van der Waals surface area contributed by atoms with E-state index >= 15 is 0 Å². The summed E-state index contributed by atoms with van der Waals surface area (Å²) in [5.74, 6) is 0.962. The number of rotatable bonds is 3. The molecule has 4 rings (SSSR count). The van der Waals surface area contributed by atoms with Crippen LogP contribution in [0.1, 0.15) is 25.1 Å². The van der Waals surface area contributed by atoms with Crippen LogP contribution in [0.4, 0.5) is 10.1 Å². The van der Waals surface area contributed by atoms with Crippen molar-refractivity contribution < 1.29 is 4.39 Å². The standard InChI is InChI=1S/C18H24FN5S/c19-15-5-7-16(8-6-15)22-12-10-21(11-13-22)14-24-18(25)23-9-3-1-2-4-17(23)20-24/h5-8H,1-4,9-14H2. The number of fused-ring (bicyclic) bond motifs is 1. The fraction of sp³-hybridized carbons (Fsp3) is 0.556. The van der Waals surface area contributed by atoms with Gasteiger partial charge in [0.05, 0.1) is 6.67 Å². The van der Waals surface area contributed by atoms with E-state index < -0.39 is 0 Å². The quantitative estimate of drug-likeness (QED) is 0.786. The van der Waals surface area contributed by atoms with E-state index in [1.54, 1.807) is 0 Å². The van der Waals surface area contributed by atoms with Crippen molar-refractivity contribution in [3.05, 3.63) is 40.7 Å². The molecule has 2 aliphatic heterocycles. The average molecular weight is 361 g/mol. The fourth-order valence-corrected chi connectivity index (χ4v) is 4.00. The van der Waals surface area contributed by atoms with E-state index in [4.69, 9.17) is 17.3 Å². The van der Waals surface area contributed by atoms with Gasteiger partial charge in [0.15, 0.2) is 4.77 Å². The van der Waals surface area contributed by atoms with Crippen molar-refractivity contribution in [2.75, 3.05) is 31.1 Å². The summed E-state index contributed by atoms with van der Waals surface area (Å²) in [6.45, 7) is 5.56. The van der Waals surface area contributed by atoms with Gasteiger partial charge in [0.1, 0.15) is 11.6 Å². The number of aromatic nitrogens is 3. The van der Waals surface area contributed by atoms with E-state index in [2.05, 4.69) is 14.4 Å². The second kappa shape index (κ2) is 7.25. The van der Waals surface area contributed by atoms with Crippen LogP contribution in [0, 0.1) is 10.6 Å². The Hall–Kier alpha value is -1.73. The van der Waals surface area contributed by atoms with Gasteiger partial charge in [-0.25, -0.2) is 9.07 Å². The molecule has 7 heteroatoms. The third-order valence-electron chi connectivity index (χ3n) is 5.18. The lowest BCUT2D eigenvalue weighted by Crippen LogP contribution is -2.47. The molecule has 0 unspecified atom stereocenters. The van der Waals surface area contributed by atoms with Gasteiger partial charge in [-0.2, -0.15) is 5.10 Å². The van der Waals surface area contributed by atoms with Crippen molar-refractivity contribution in [1.82, 2.24) is 19.2 Å². The van der Waals surface area contributed by atoms with Gasteiger partial charge >= 0.3 is 0 Å². The molecule has 25 heavy (non-hydrogen) atoms. The number of hydrogen-bond donors (Lipinski definition) is 0. The second-order valence-electron chi connectivity index (χ2n) is 6.88. The Morgan fingerprint density at radius 1 is 0.960 bits per heavy atom. The van der Waals surface area contributed by atoms with Crippen LogP contribution in [-0.2, 0) is 19.6 Å². The van der Waals surface area contributed by atoms with Crippen molar-refractivity contribution in [3.8, 4) is 0 Å². The van der Waals surface area contributed by atoms with Gasteiger partial charge in [0, 0.05) is 44.8 Å². The lowest BCUT2D eigenvalue weighted by atomic mass is 10.2. The largest absolute Gasteiger partial charge is 0.369 e. The Morgan fingerprint density at radius 2 is 1.72 bits per heavy atom. The Balaban J connectivity index is 1.39. The fourth-order valence-electron chi connectivity index (χ4n) is 3.71. The lowest BCUT2D eigenvalue weighted by molar-refractivity contribution is 0.193. The molecule has 5 nitrogen and oxygen atoms in total.